The molecule has 5 amide bonds. The smallest absolute Gasteiger partial charge is 0.277 e. The summed E-state index contributed by atoms with van der Waals surface area (Å²) >= 11 is 0. The largest absolute Gasteiger partial charge is 0.502 e. The molecule has 0 atom stereocenters. The van der Waals surface area contributed by atoms with Crippen molar-refractivity contribution in [3.63, 3.8) is 0 Å². The molecule has 0 spiro atoms. The number of nitrogens with zero attached hydrogens (tertiary/aromatic N) is 11. The molecule has 23 heteroatoms. The quantitative estimate of drug-likeness (QED) is 0.0805. The summed E-state index contributed by atoms with van der Waals surface area (Å²) in [4.78, 5) is 115. The van der Waals surface area contributed by atoms with E-state index in [0.717, 1.165) is 60.8 Å². The van der Waals surface area contributed by atoms with Gasteiger partial charge in [0.2, 0.25) is 16.3 Å². The predicted octanol–water partition coefficient (Wildman–Crippen LogP) is 10.9. The maximum atomic E-state index is 14.4. The van der Waals surface area contributed by atoms with Crippen LogP contribution in [0.25, 0.3) is 0 Å². The van der Waals surface area contributed by atoms with Crippen molar-refractivity contribution in [3.05, 3.63) is 404 Å². The van der Waals surface area contributed by atoms with Gasteiger partial charge in [0.25, 0.3) is 29.5 Å². The zero-order valence-electron chi connectivity index (χ0n) is 66.2. The minimum atomic E-state index is -0.550. The number of hydrogen-bond acceptors (Lipinski definition) is 16. The third-order valence-corrected chi connectivity index (χ3v) is 23.5. The highest BCUT2D eigenvalue weighted by Gasteiger charge is 2.44. The van der Waals surface area contributed by atoms with E-state index in [0.29, 0.717) is 50.6 Å². The van der Waals surface area contributed by atoms with Gasteiger partial charge in [-0.25, -0.2) is 0 Å². The van der Waals surface area contributed by atoms with Gasteiger partial charge in [-0.1, -0.05) is 218 Å². The molecule has 23 nitrogen and oxygen atoms in total. The molecule has 0 saturated carbocycles. The van der Waals surface area contributed by atoms with Crippen molar-refractivity contribution < 1.29 is 38.6 Å². The van der Waals surface area contributed by atoms with Crippen LogP contribution in [-0.2, 0) is 51.7 Å². The zero-order valence-corrected chi connectivity index (χ0v) is 66.2. The van der Waals surface area contributed by atoms with Crippen LogP contribution in [-0.4, -0.2) is 147 Å². The van der Waals surface area contributed by atoms with Gasteiger partial charge in [0, 0.05) is 76.1 Å². The summed E-state index contributed by atoms with van der Waals surface area (Å²) in [5.41, 5.74) is 21.9. The van der Waals surface area contributed by atoms with Gasteiger partial charge in [0.05, 0.1) is 29.3 Å². The molecule has 0 unspecified atom stereocenters. The Morgan fingerprint density at radius 2 is 0.647 bits per heavy atom. The molecular weight excluding hydrogens is 1500 g/mol. The lowest BCUT2D eigenvalue weighted by Gasteiger charge is -2.44. The molecule has 3 aliphatic carbocycles. The first-order valence-electron chi connectivity index (χ1n) is 40.4. The number of hydrogen-bond donors (Lipinski definition) is 2. The number of carbonyl (C=O) groups excluding carboxylic acids is 5. The first-order chi connectivity index (χ1) is 58.1. The molecule has 0 saturated heterocycles. The van der Waals surface area contributed by atoms with Crippen LogP contribution in [0.4, 0.5) is 0 Å². The third kappa shape index (κ3) is 15.1. The average molecular weight is 1590 g/mol. The molecule has 19 rings (SSSR count). The SMILES string of the molecule is CN(C)CCN1CN(C2c3ccccc3CCc3ccccc32)n2ccc(=O)c(O)c2C1=O.NCCN1CN(C2c3ccccc3CCc3ccccc32)n2ccc(=O)c(OCc3ccccc3)c2C1=O.O=C1c2c(OCc3ccccc3)c(=O)ccn2N(C2c3ccccc3CCc3ccccc32)CN1CCN1C(=O)c2ccccc2C1=O. The predicted molar refractivity (Wildman–Crippen MR) is 454 cm³/mol. The molecule has 12 aromatic rings. The number of likely N-dealkylation sites (N-methyl/N-ethyl adjacent to an activating group) is 1. The summed E-state index contributed by atoms with van der Waals surface area (Å²) in [7, 11) is 3.92. The van der Waals surface area contributed by atoms with Gasteiger partial charge in [-0.15, -0.1) is 0 Å². The molecular formula is C96H90N12O11. The van der Waals surface area contributed by atoms with Crippen molar-refractivity contribution in [2.45, 2.75) is 69.9 Å². The van der Waals surface area contributed by atoms with Crippen molar-refractivity contribution in [1.29, 1.82) is 0 Å². The number of rotatable bonds is 17. The molecule has 7 heterocycles. The van der Waals surface area contributed by atoms with Gasteiger partial charge in [0.15, 0.2) is 34.3 Å². The van der Waals surface area contributed by atoms with Crippen LogP contribution in [0.5, 0.6) is 17.2 Å². The number of amides is 5. The minimum Gasteiger partial charge on any atom is -0.502 e. The molecule has 0 bridgehead atoms. The number of aromatic nitrogens is 3. The molecule has 0 fully saturated rings. The molecule has 7 aliphatic rings. The highest BCUT2D eigenvalue weighted by atomic mass is 16.5. The van der Waals surface area contributed by atoms with Gasteiger partial charge in [-0.2, -0.15) is 0 Å². The highest BCUT2D eigenvalue weighted by Crippen LogP contribution is 2.43. The van der Waals surface area contributed by atoms with Gasteiger partial charge >= 0.3 is 0 Å². The number of nitrogens with two attached hydrogens (primary N) is 1. The number of aryl methyl sites for hydroxylation is 6. The average Bonchev–Trinajstić information content (AvgIpc) is 1.63. The van der Waals surface area contributed by atoms with E-state index in [1.165, 1.54) is 78.7 Å². The number of imide groups is 1. The van der Waals surface area contributed by atoms with E-state index in [2.05, 4.69) is 124 Å². The lowest BCUT2D eigenvalue weighted by atomic mass is 9.94. The number of fused-ring (bicyclic) bond motifs is 10. The highest BCUT2D eigenvalue weighted by molar-refractivity contribution is 6.21. The lowest BCUT2D eigenvalue weighted by Crippen LogP contribution is -2.57. The topological polar surface area (TPSA) is 242 Å². The Morgan fingerprint density at radius 1 is 0.345 bits per heavy atom. The molecule has 600 valence electrons. The Labute approximate surface area is 688 Å². The Bertz CT molecular complexity index is 5910. The van der Waals surface area contributed by atoms with E-state index >= 15 is 0 Å². The standard InChI is InChI=1S/C39H32N4O5.C31H30N4O3.C26H28N4O3/c44-33-20-21-42-35(36(33)48-24-26-10-2-1-3-11-26)39(47)40(22-23-41-37(45)31-16-8-9-17-32(31)38(41)46)25-43(42)34-29-14-6-4-12-27(29)18-19-28-13-5-7-15-30(28)34;32-17-19-33-21-35(28-25-12-6-4-10-23(25)14-15-24-11-5-7-13-26(24)28)34-18-16-27(36)30(29(34)31(33)37)38-20-22-8-2-1-3-9-22;1-27(2)15-16-28-17-30(29-14-13-22(31)25(32)24(29)26(28)33)23-20-9-5-3-7-18(20)11-12-19-8-4-6-10-21(19)23/h1-17,20-21,34H,18-19,22-25H2;1-13,16,18,28H,14-15,17,19-21,32H2;3-10,13-14,23,32H,11-12,15-17H2,1-2H3. The molecule has 119 heavy (non-hydrogen) atoms. The first-order valence-corrected chi connectivity index (χ1v) is 40.4. The second kappa shape index (κ2) is 33.7. The maximum Gasteiger partial charge on any atom is 0.277 e. The van der Waals surface area contributed by atoms with E-state index in [-0.39, 0.29) is 109 Å². The Kier molecular flexibility index (Phi) is 22.0. The second-order valence-electron chi connectivity index (χ2n) is 30.9. The second-order valence-corrected chi connectivity index (χ2v) is 30.9. The summed E-state index contributed by atoms with van der Waals surface area (Å²) in [5.74, 6) is -2.27. The van der Waals surface area contributed by atoms with E-state index in [9.17, 15) is 43.5 Å². The van der Waals surface area contributed by atoms with Gasteiger partial charge in [-0.05, 0) is 143 Å². The summed E-state index contributed by atoms with van der Waals surface area (Å²) in [6.07, 6.45) is 10.4. The molecule has 3 N–H and O–H groups in total. The van der Waals surface area contributed by atoms with Crippen LogP contribution >= 0.6 is 0 Å². The van der Waals surface area contributed by atoms with Crippen LogP contribution in [0.1, 0.15) is 148 Å². The van der Waals surface area contributed by atoms with Crippen molar-refractivity contribution in [1.82, 2.24) is 38.5 Å². The maximum absolute atomic E-state index is 14.4. The molecule has 0 radical (unpaired) electrons. The van der Waals surface area contributed by atoms with Gasteiger partial charge in [0.1, 0.15) is 33.2 Å². The van der Waals surface area contributed by atoms with Crippen molar-refractivity contribution >= 4 is 29.5 Å². The normalized spacial score (nSPS) is 15.4. The summed E-state index contributed by atoms with van der Waals surface area (Å²) in [6.45, 7) is 3.02. The van der Waals surface area contributed by atoms with Gasteiger partial charge in [-0.3, -0.25) is 72.3 Å². The van der Waals surface area contributed by atoms with E-state index < -0.39 is 22.5 Å². The van der Waals surface area contributed by atoms with Crippen LogP contribution in [0, 0.1) is 0 Å². The van der Waals surface area contributed by atoms with Gasteiger partial charge < -0.3 is 39.9 Å². The fourth-order valence-corrected chi connectivity index (χ4v) is 17.6. The van der Waals surface area contributed by atoms with Crippen LogP contribution in [0.3, 0.4) is 0 Å². The van der Waals surface area contributed by atoms with E-state index in [1.807, 2.05) is 121 Å². The fraction of sp³-hybridized carbons (Fsp3) is 0.229. The molecule has 9 aromatic carbocycles. The first kappa shape index (κ1) is 77.7. The molecule has 4 aliphatic heterocycles. The monoisotopic (exact) mass is 1590 g/mol. The number of ether oxygens (including phenoxy) is 2. The molecule has 3 aromatic heterocycles. The number of carbonyl (C=O) groups is 5. The van der Waals surface area contributed by atoms with Crippen molar-refractivity contribution in [2.75, 3.05) is 88.4 Å². The van der Waals surface area contributed by atoms with Crippen LogP contribution in [0.15, 0.2) is 282 Å². The fourth-order valence-electron chi connectivity index (χ4n) is 17.6. The Balaban J connectivity index is 0.000000130. The summed E-state index contributed by atoms with van der Waals surface area (Å²) in [6, 6.07) is 79.9. The van der Waals surface area contributed by atoms with Crippen LogP contribution < -0.4 is 46.5 Å². The minimum absolute atomic E-state index is 0.00103. The Morgan fingerprint density at radius 3 is 1.00 bits per heavy atom. The third-order valence-electron chi connectivity index (χ3n) is 23.5. The summed E-state index contributed by atoms with van der Waals surface area (Å²) in [5, 5.41) is 17.0. The van der Waals surface area contributed by atoms with Crippen LogP contribution in [0.2, 0.25) is 0 Å². The number of aromatic hydroxyl groups is 1. The van der Waals surface area contributed by atoms with Crippen molar-refractivity contribution in [3.8, 4) is 17.2 Å². The lowest BCUT2D eigenvalue weighted by molar-refractivity contribution is 0.0565. The zero-order chi connectivity index (χ0) is 82.0. The Hall–Kier alpha value is -13.9. The van der Waals surface area contributed by atoms with E-state index in [4.69, 9.17) is 15.2 Å². The van der Waals surface area contributed by atoms with Crippen molar-refractivity contribution in [2.24, 2.45) is 5.73 Å². The number of benzene rings is 9. The van der Waals surface area contributed by atoms with E-state index in [1.54, 1.807) is 66.9 Å². The summed E-state index contributed by atoms with van der Waals surface area (Å²) < 4.78 is 17.5. The number of pyridine rings is 3.